The summed E-state index contributed by atoms with van der Waals surface area (Å²) in [4.78, 5) is 15.5. The molecule has 3 nitrogen and oxygen atoms in total. The molecule has 0 bridgehead atoms. The van der Waals surface area contributed by atoms with E-state index in [1.807, 2.05) is 24.3 Å². The summed E-state index contributed by atoms with van der Waals surface area (Å²) in [5.41, 5.74) is 3.51. The van der Waals surface area contributed by atoms with E-state index in [1.54, 1.807) is 0 Å². The van der Waals surface area contributed by atoms with Crippen LogP contribution in [0, 0.1) is 5.92 Å². The Morgan fingerprint density at radius 2 is 1.83 bits per heavy atom. The average molecular weight is 421 g/mol. The lowest BCUT2D eigenvalue weighted by molar-refractivity contribution is -0.135. The SMILES string of the molecule is CCC(C)N(Cc1cccn1Cc1ccccc1Cl)C(=O)C1CC1c1ccccc1. The molecule has 1 saturated carbocycles. The van der Waals surface area contributed by atoms with Gasteiger partial charge in [0.2, 0.25) is 5.91 Å². The molecule has 0 spiro atoms. The Hall–Kier alpha value is -2.52. The van der Waals surface area contributed by atoms with Crippen molar-refractivity contribution in [2.45, 2.75) is 51.7 Å². The number of hydrogen-bond donors (Lipinski definition) is 0. The zero-order valence-corrected chi connectivity index (χ0v) is 18.4. The van der Waals surface area contributed by atoms with Crippen LogP contribution in [-0.2, 0) is 17.9 Å². The summed E-state index contributed by atoms with van der Waals surface area (Å²) in [6.45, 7) is 5.64. The number of carbonyl (C=O) groups is 1. The van der Waals surface area contributed by atoms with E-state index in [0.717, 1.165) is 29.1 Å². The van der Waals surface area contributed by atoms with E-state index < -0.39 is 0 Å². The van der Waals surface area contributed by atoms with E-state index in [1.165, 1.54) is 5.56 Å². The highest BCUT2D eigenvalue weighted by Crippen LogP contribution is 2.48. The molecule has 0 saturated heterocycles. The molecule has 3 unspecified atom stereocenters. The molecular formula is C26H29ClN2O. The monoisotopic (exact) mass is 420 g/mol. The molecule has 1 heterocycles. The van der Waals surface area contributed by atoms with Crippen molar-refractivity contribution in [2.24, 2.45) is 5.92 Å². The number of halogens is 1. The molecule has 0 N–H and O–H groups in total. The Labute approximate surface area is 184 Å². The van der Waals surface area contributed by atoms with Crippen molar-refractivity contribution in [3.63, 3.8) is 0 Å². The first-order valence-electron chi connectivity index (χ1n) is 10.8. The van der Waals surface area contributed by atoms with Gasteiger partial charge in [-0.05, 0) is 55.0 Å². The van der Waals surface area contributed by atoms with Crippen LogP contribution >= 0.6 is 11.6 Å². The highest BCUT2D eigenvalue weighted by atomic mass is 35.5. The van der Waals surface area contributed by atoms with E-state index >= 15 is 0 Å². The van der Waals surface area contributed by atoms with Crippen LogP contribution in [0.1, 0.15) is 49.4 Å². The molecule has 3 atom stereocenters. The summed E-state index contributed by atoms with van der Waals surface area (Å²) >= 11 is 6.37. The Kier molecular flexibility index (Phi) is 6.29. The van der Waals surface area contributed by atoms with Gasteiger partial charge in [0.15, 0.2) is 0 Å². The summed E-state index contributed by atoms with van der Waals surface area (Å²) in [5, 5.41) is 0.774. The second kappa shape index (κ2) is 9.09. The lowest BCUT2D eigenvalue weighted by Crippen LogP contribution is -2.39. The normalized spacial score (nSPS) is 18.8. The Morgan fingerprint density at radius 3 is 2.57 bits per heavy atom. The van der Waals surface area contributed by atoms with Gasteiger partial charge in [-0.1, -0.05) is 67.1 Å². The molecule has 156 valence electrons. The van der Waals surface area contributed by atoms with Gasteiger partial charge < -0.3 is 9.47 Å². The standard InChI is InChI=1S/C26H29ClN2O/c1-3-19(2)29(26(30)24-16-23(24)20-10-5-4-6-11-20)18-22-13-9-15-28(22)17-21-12-7-8-14-25(21)27/h4-15,19,23-24H,3,16-18H2,1-2H3. The van der Waals surface area contributed by atoms with Crippen molar-refractivity contribution in [2.75, 3.05) is 0 Å². The zero-order valence-electron chi connectivity index (χ0n) is 17.7. The van der Waals surface area contributed by atoms with Crippen LogP contribution in [-0.4, -0.2) is 21.4 Å². The lowest BCUT2D eigenvalue weighted by atomic mass is 10.1. The molecule has 1 fully saturated rings. The summed E-state index contributed by atoms with van der Waals surface area (Å²) in [6.07, 6.45) is 3.97. The van der Waals surface area contributed by atoms with Gasteiger partial charge in [-0.2, -0.15) is 0 Å². The third-order valence-electron chi connectivity index (χ3n) is 6.30. The molecule has 0 radical (unpaired) electrons. The maximum Gasteiger partial charge on any atom is 0.226 e. The molecule has 2 aromatic carbocycles. The Bertz CT molecular complexity index is 997. The maximum absolute atomic E-state index is 13.4. The van der Waals surface area contributed by atoms with Crippen molar-refractivity contribution >= 4 is 17.5 Å². The molecule has 1 amide bonds. The molecule has 1 aliphatic carbocycles. The molecule has 0 aliphatic heterocycles. The van der Waals surface area contributed by atoms with Crippen LogP contribution in [0.4, 0.5) is 0 Å². The predicted molar refractivity (Wildman–Crippen MR) is 123 cm³/mol. The third-order valence-corrected chi connectivity index (χ3v) is 6.66. The van der Waals surface area contributed by atoms with Crippen LogP contribution in [0.3, 0.4) is 0 Å². The first-order chi connectivity index (χ1) is 14.6. The van der Waals surface area contributed by atoms with E-state index in [-0.39, 0.29) is 17.9 Å². The highest BCUT2D eigenvalue weighted by molar-refractivity contribution is 6.31. The number of carbonyl (C=O) groups excluding carboxylic acids is 1. The van der Waals surface area contributed by atoms with Crippen molar-refractivity contribution in [1.82, 2.24) is 9.47 Å². The first-order valence-corrected chi connectivity index (χ1v) is 11.2. The van der Waals surface area contributed by atoms with Crippen LogP contribution in [0.15, 0.2) is 72.9 Å². The van der Waals surface area contributed by atoms with Gasteiger partial charge in [-0.15, -0.1) is 0 Å². The van der Waals surface area contributed by atoms with Gasteiger partial charge >= 0.3 is 0 Å². The van der Waals surface area contributed by atoms with Crippen LogP contribution in [0.25, 0.3) is 0 Å². The van der Waals surface area contributed by atoms with Gasteiger partial charge in [-0.25, -0.2) is 0 Å². The minimum Gasteiger partial charge on any atom is -0.345 e. The van der Waals surface area contributed by atoms with Crippen LogP contribution < -0.4 is 0 Å². The molecule has 4 heteroatoms. The van der Waals surface area contributed by atoms with Crippen LogP contribution in [0.5, 0.6) is 0 Å². The highest BCUT2D eigenvalue weighted by Gasteiger charge is 2.46. The van der Waals surface area contributed by atoms with E-state index in [9.17, 15) is 4.79 Å². The van der Waals surface area contributed by atoms with Crippen molar-refractivity contribution in [3.8, 4) is 0 Å². The fraction of sp³-hybridized carbons (Fsp3) is 0.346. The summed E-state index contributed by atoms with van der Waals surface area (Å²) in [7, 11) is 0. The van der Waals surface area contributed by atoms with Crippen molar-refractivity contribution < 1.29 is 4.79 Å². The lowest BCUT2D eigenvalue weighted by Gasteiger charge is -2.29. The minimum atomic E-state index is 0.105. The van der Waals surface area contributed by atoms with E-state index in [0.29, 0.717) is 19.0 Å². The molecule has 1 aliphatic rings. The minimum absolute atomic E-state index is 0.105. The largest absolute Gasteiger partial charge is 0.345 e. The van der Waals surface area contributed by atoms with E-state index in [4.69, 9.17) is 11.6 Å². The maximum atomic E-state index is 13.4. The van der Waals surface area contributed by atoms with Gasteiger partial charge in [0.25, 0.3) is 0 Å². The Balaban J connectivity index is 1.50. The third kappa shape index (κ3) is 4.46. The molecular weight excluding hydrogens is 392 g/mol. The number of rotatable bonds is 8. The van der Waals surface area contributed by atoms with Gasteiger partial charge in [0.1, 0.15) is 0 Å². The molecule has 4 rings (SSSR count). The molecule has 3 aromatic rings. The zero-order chi connectivity index (χ0) is 21.1. The summed E-state index contributed by atoms with van der Waals surface area (Å²) in [6, 6.07) is 22.7. The summed E-state index contributed by atoms with van der Waals surface area (Å²) in [5.74, 6) is 0.747. The van der Waals surface area contributed by atoms with E-state index in [2.05, 4.69) is 72.0 Å². The van der Waals surface area contributed by atoms with Crippen molar-refractivity contribution in [3.05, 3.63) is 94.8 Å². The molecule has 30 heavy (non-hydrogen) atoms. The number of hydrogen-bond acceptors (Lipinski definition) is 1. The first kappa shape index (κ1) is 20.7. The predicted octanol–water partition coefficient (Wildman–Crippen LogP) is 6.12. The quantitative estimate of drug-likeness (QED) is 0.431. The van der Waals surface area contributed by atoms with Gasteiger partial charge in [0.05, 0.1) is 6.54 Å². The number of aromatic nitrogens is 1. The topological polar surface area (TPSA) is 25.2 Å². The van der Waals surface area contributed by atoms with Gasteiger partial charge in [0, 0.05) is 35.4 Å². The number of amides is 1. The number of nitrogens with zero attached hydrogens (tertiary/aromatic N) is 2. The Morgan fingerprint density at radius 1 is 1.10 bits per heavy atom. The van der Waals surface area contributed by atoms with Gasteiger partial charge in [-0.3, -0.25) is 4.79 Å². The summed E-state index contributed by atoms with van der Waals surface area (Å²) < 4.78 is 2.20. The fourth-order valence-electron chi connectivity index (χ4n) is 4.15. The average Bonchev–Trinajstić information content (AvgIpc) is 3.46. The number of benzene rings is 2. The second-order valence-corrected chi connectivity index (χ2v) is 8.71. The van der Waals surface area contributed by atoms with Crippen LogP contribution in [0.2, 0.25) is 5.02 Å². The van der Waals surface area contributed by atoms with Crippen molar-refractivity contribution in [1.29, 1.82) is 0 Å². The fourth-order valence-corrected chi connectivity index (χ4v) is 4.35. The molecule has 1 aromatic heterocycles. The second-order valence-electron chi connectivity index (χ2n) is 8.30. The smallest absolute Gasteiger partial charge is 0.226 e.